The Bertz CT molecular complexity index is 1490. The number of aromatic nitrogens is 4. The molecule has 0 spiro atoms. The molecule has 0 unspecified atom stereocenters. The fraction of sp³-hybridized carbons (Fsp3) is 0.0769. The van der Waals surface area contributed by atoms with Gasteiger partial charge < -0.3 is 5.32 Å². The van der Waals surface area contributed by atoms with Crippen molar-refractivity contribution in [1.29, 1.82) is 0 Å². The highest BCUT2D eigenvalue weighted by atomic mass is 19.1. The monoisotopic (exact) mass is 437 g/mol. The van der Waals surface area contributed by atoms with Crippen LogP contribution in [-0.4, -0.2) is 25.3 Å². The number of benzene rings is 1. The van der Waals surface area contributed by atoms with E-state index in [0.717, 1.165) is 27.9 Å². The average molecular weight is 437 g/mol. The summed E-state index contributed by atoms with van der Waals surface area (Å²) in [5, 5.41) is 2.93. The summed E-state index contributed by atoms with van der Waals surface area (Å²) in [7, 11) is 0. The predicted molar refractivity (Wildman–Crippen MR) is 125 cm³/mol. The summed E-state index contributed by atoms with van der Waals surface area (Å²) in [5.74, 6) is -0.271. The number of aryl methyl sites for hydroxylation is 2. The molecule has 6 nitrogen and oxygen atoms in total. The molecule has 0 aliphatic rings. The minimum absolute atomic E-state index is 0.176. The number of hydrogen-bond acceptors (Lipinski definition) is 4. The molecule has 5 aromatic rings. The van der Waals surface area contributed by atoms with Crippen molar-refractivity contribution >= 4 is 17.1 Å². The second-order valence-corrected chi connectivity index (χ2v) is 7.77. The molecule has 0 fully saturated rings. The number of anilines is 1. The first-order chi connectivity index (χ1) is 16.0. The quantitative estimate of drug-likeness (QED) is 0.405. The molecule has 1 N–H and O–H groups in total. The van der Waals surface area contributed by atoms with Gasteiger partial charge in [0.05, 0.1) is 23.0 Å². The van der Waals surface area contributed by atoms with Crippen molar-refractivity contribution in [3.05, 3.63) is 102 Å². The Balaban J connectivity index is 1.55. The highest BCUT2D eigenvalue weighted by Crippen LogP contribution is 2.29. The molecule has 7 heteroatoms. The van der Waals surface area contributed by atoms with Crippen LogP contribution in [0.2, 0.25) is 0 Å². The third kappa shape index (κ3) is 3.85. The van der Waals surface area contributed by atoms with Crippen molar-refractivity contribution in [2.24, 2.45) is 0 Å². The predicted octanol–water partition coefficient (Wildman–Crippen LogP) is 5.47. The van der Waals surface area contributed by atoms with Gasteiger partial charge in [0.15, 0.2) is 11.6 Å². The van der Waals surface area contributed by atoms with Crippen LogP contribution < -0.4 is 5.32 Å². The van der Waals surface area contributed by atoms with E-state index in [-0.39, 0.29) is 11.6 Å². The van der Waals surface area contributed by atoms with Crippen LogP contribution in [0.25, 0.3) is 28.2 Å². The molecule has 1 amide bonds. The molecule has 1 aromatic carbocycles. The summed E-state index contributed by atoms with van der Waals surface area (Å²) < 4.78 is 16.1. The Kier molecular flexibility index (Phi) is 5.14. The molecule has 0 aliphatic heterocycles. The van der Waals surface area contributed by atoms with E-state index >= 15 is 0 Å². The molecule has 0 saturated carbocycles. The smallest absolute Gasteiger partial charge is 0.257 e. The molecule has 0 radical (unpaired) electrons. The number of rotatable bonds is 4. The number of nitrogens with one attached hydrogen (secondary N) is 1. The van der Waals surface area contributed by atoms with Gasteiger partial charge in [-0.05, 0) is 50.2 Å². The van der Waals surface area contributed by atoms with Crippen LogP contribution in [-0.2, 0) is 0 Å². The number of halogens is 1. The SMILES string of the molecule is Cc1ccc(NC(=O)c2cc(-c3cccn4c(-c5ncccc5F)ncc34)cnc2C)cc1. The van der Waals surface area contributed by atoms with Crippen LogP contribution in [0.5, 0.6) is 0 Å². The van der Waals surface area contributed by atoms with Gasteiger partial charge in [-0.25, -0.2) is 14.4 Å². The number of carbonyl (C=O) groups excluding carboxylic acids is 1. The van der Waals surface area contributed by atoms with Gasteiger partial charge in [-0.2, -0.15) is 0 Å². The van der Waals surface area contributed by atoms with E-state index in [9.17, 15) is 9.18 Å². The molecule has 162 valence electrons. The second kappa shape index (κ2) is 8.27. The van der Waals surface area contributed by atoms with E-state index in [0.29, 0.717) is 17.1 Å². The molecule has 0 bridgehead atoms. The summed E-state index contributed by atoms with van der Waals surface area (Å²) in [5.41, 5.74) is 5.45. The first kappa shape index (κ1) is 20.5. The molecule has 4 aromatic heterocycles. The summed E-state index contributed by atoms with van der Waals surface area (Å²) in [6, 6.07) is 16.1. The number of amides is 1. The molecule has 4 heterocycles. The number of pyridine rings is 3. The summed E-state index contributed by atoms with van der Waals surface area (Å²) in [4.78, 5) is 26.0. The Hall–Kier alpha value is -4.39. The number of carbonyl (C=O) groups is 1. The number of imidazole rings is 1. The Morgan fingerprint density at radius 2 is 1.79 bits per heavy atom. The van der Waals surface area contributed by atoms with Crippen LogP contribution in [0.4, 0.5) is 10.1 Å². The number of fused-ring (bicyclic) bond motifs is 1. The van der Waals surface area contributed by atoms with Gasteiger partial charge >= 0.3 is 0 Å². The van der Waals surface area contributed by atoms with E-state index < -0.39 is 5.82 Å². The van der Waals surface area contributed by atoms with Crippen molar-refractivity contribution in [2.45, 2.75) is 13.8 Å². The van der Waals surface area contributed by atoms with Gasteiger partial charge in [-0.15, -0.1) is 0 Å². The third-order valence-electron chi connectivity index (χ3n) is 5.49. The molecular formula is C26H20FN5O. The van der Waals surface area contributed by atoms with Crippen molar-refractivity contribution in [3.8, 4) is 22.6 Å². The van der Waals surface area contributed by atoms with Crippen LogP contribution in [0.15, 0.2) is 79.4 Å². The normalized spacial score (nSPS) is 11.0. The van der Waals surface area contributed by atoms with E-state index in [1.165, 1.54) is 12.3 Å². The van der Waals surface area contributed by atoms with E-state index in [2.05, 4.69) is 20.3 Å². The van der Waals surface area contributed by atoms with Crippen LogP contribution in [0.1, 0.15) is 21.6 Å². The summed E-state index contributed by atoms with van der Waals surface area (Å²) in [6.45, 7) is 3.79. The maximum atomic E-state index is 14.3. The first-order valence-electron chi connectivity index (χ1n) is 10.4. The average Bonchev–Trinajstić information content (AvgIpc) is 3.25. The number of nitrogens with zero attached hydrogens (tertiary/aromatic N) is 4. The minimum atomic E-state index is -0.442. The molecule has 0 saturated heterocycles. The maximum absolute atomic E-state index is 14.3. The van der Waals surface area contributed by atoms with Gasteiger partial charge in [0.1, 0.15) is 5.69 Å². The number of hydrogen-bond donors (Lipinski definition) is 1. The van der Waals surface area contributed by atoms with Gasteiger partial charge in [-0.1, -0.05) is 23.8 Å². The summed E-state index contributed by atoms with van der Waals surface area (Å²) in [6.07, 6.45) is 6.74. The lowest BCUT2D eigenvalue weighted by atomic mass is 10.0. The molecule has 0 aliphatic carbocycles. The molecule has 0 atom stereocenters. The minimum Gasteiger partial charge on any atom is -0.322 e. The lowest BCUT2D eigenvalue weighted by molar-refractivity contribution is 0.102. The lowest BCUT2D eigenvalue weighted by Gasteiger charge is -2.11. The lowest BCUT2D eigenvalue weighted by Crippen LogP contribution is -2.14. The van der Waals surface area contributed by atoms with Crippen molar-refractivity contribution in [3.63, 3.8) is 0 Å². The van der Waals surface area contributed by atoms with Crippen molar-refractivity contribution in [1.82, 2.24) is 19.4 Å². The van der Waals surface area contributed by atoms with Gasteiger partial charge in [0, 0.05) is 35.4 Å². The zero-order valence-electron chi connectivity index (χ0n) is 18.1. The van der Waals surface area contributed by atoms with Crippen LogP contribution in [0, 0.1) is 19.7 Å². The zero-order chi connectivity index (χ0) is 22.9. The van der Waals surface area contributed by atoms with E-state index in [1.807, 2.05) is 55.6 Å². The van der Waals surface area contributed by atoms with Gasteiger partial charge in [0.2, 0.25) is 0 Å². The molecule has 33 heavy (non-hydrogen) atoms. The van der Waals surface area contributed by atoms with Gasteiger partial charge in [-0.3, -0.25) is 14.2 Å². The molecule has 5 rings (SSSR count). The Morgan fingerprint density at radius 1 is 0.970 bits per heavy atom. The Morgan fingerprint density at radius 3 is 2.58 bits per heavy atom. The van der Waals surface area contributed by atoms with Crippen LogP contribution >= 0.6 is 0 Å². The highest BCUT2D eigenvalue weighted by molar-refractivity contribution is 6.05. The van der Waals surface area contributed by atoms with Gasteiger partial charge in [0.25, 0.3) is 5.91 Å². The Labute approximate surface area is 189 Å². The topological polar surface area (TPSA) is 72.2 Å². The van der Waals surface area contributed by atoms with E-state index in [4.69, 9.17) is 0 Å². The third-order valence-corrected chi connectivity index (χ3v) is 5.49. The molecular weight excluding hydrogens is 417 g/mol. The second-order valence-electron chi connectivity index (χ2n) is 7.77. The first-order valence-corrected chi connectivity index (χ1v) is 10.4. The summed E-state index contributed by atoms with van der Waals surface area (Å²) >= 11 is 0. The largest absolute Gasteiger partial charge is 0.322 e. The van der Waals surface area contributed by atoms with Crippen molar-refractivity contribution in [2.75, 3.05) is 5.32 Å². The van der Waals surface area contributed by atoms with E-state index in [1.54, 1.807) is 29.8 Å². The standard InChI is InChI=1S/C26H20FN5O/c1-16-7-9-19(10-8-16)31-26(33)21-13-18(14-29-17(21)2)20-5-4-12-32-23(20)15-30-25(32)24-22(27)6-3-11-28-24/h3-15H,1-2H3,(H,31,33). The fourth-order valence-electron chi connectivity index (χ4n) is 3.74. The maximum Gasteiger partial charge on any atom is 0.257 e. The van der Waals surface area contributed by atoms with Crippen molar-refractivity contribution < 1.29 is 9.18 Å². The fourth-order valence-corrected chi connectivity index (χ4v) is 3.74. The van der Waals surface area contributed by atoms with Crippen LogP contribution in [0.3, 0.4) is 0 Å². The highest BCUT2D eigenvalue weighted by Gasteiger charge is 2.17. The zero-order valence-corrected chi connectivity index (χ0v) is 18.1.